The Morgan fingerprint density at radius 3 is 1.22 bits per heavy atom. The predicted molar refractivity (Wildman–Crippen MR) is 199 cm³/mol. The summed E-state index contributed by atoms with van der Waals surface area (Å²) in [6.07, 6.45) is 0. The summed E-state index contributed by atoms with van der Waals surface area (Å²) in [5.74, 6) is 13.9. The van der Waals surface area contributed by atoms with Crippen LogP contribution in [0.2, 0.25) is 0 Å². The van der Waals surface area contributed by atoms with Gasteiger partial charge in [0, 0.05) is 48.9 Å². The summed E-state index contributed by atoms with van der Waals surface area (Å²) in [4.78, 5) is 0. The van der Waals surface area contributed by atoms with Gasteiger partial charge in [0.1, 0.15) is 0 Å². The summed E-state index contributed by atoms with van der Waals surface area (Å²) >= 11 is 7.20. The lowest BCUT2D eigenvalue weighted by Crippen LogP contribution is -1.99. The summed E-state index contributed by atoms with van der Waals surface area (Å²) in [5.41, 5.74) is 9.08. The molecule has 46 heavy (non-hydrogen) atoms. The monoisotopic (exact) mass is 717 g/mol. The summed E-state index contributed by atoms with van der Waals surface area (Å²) < 4.78 is 4.39. The second kappa shape index (κ2) is 13.3. The quantitative estimate of drug-likeness (QED) is 0.160. The average molecular weight is 720 g/mol. The molecule has 6 aromatic carbocycles. The summed E-state index contributed by atoms with van der Waals surface area (Å²) in [5, 5.41) is 2.43. The number of hydrogen-bond donors (Lipinski definition) is 0. The standard InChI is InChI=1S/C43H29Br2N/c1-46-42-26-18-34(38(32-14-20-36(44)21-15-32)24-12-30-8-4-2-5-9-30)28-40(42)41-29-35(19-27-43(41)46)39(33-16-22-37(45)23-17-33)25-13-31-10-6-3-7-11-31/h2-11,14-23,26-29,38-39H,1H3. The number of rotatable bonds is 4. The molecule has 0 aliphatic carbocycles. The normalized spacial score (nSPS) is 12.2. The maximum atomic E-state index is 3.60. The molecule has 3 heteroatoms. The van der Waals surface area contributed by atoms with Gasteiger partial charge < -0.3 is 4.57 Å². The van der Waals surface area contributed by atoms with E-state index in [4.69, 9.17) is 0 Å². The molecule has 0 fully saturated rings. The van der Waals surface area contributed by atoms with Gasteiger partial charge in [-0.1, -0.05) is 128 Å². The lowest BCUT2D eigenvalue weighted by atomic mass is 9.89. The molecule has 1 heterocycles. The highest BCUT2D eigenvalue weighted by atomic mass is 79.9. The van der Waals surface area contributed by atoms with Crippen LogP contribution in [0.5, 0.6) is 0 Å². The van der Waals surface area contributed by atoms with Crippen molar-refractivity contribution in [3.8, 4) is 23.7 Å². The Bertz CT molecular complexity index is 2110. The van der Waals surface area contributed by atoms with Gasteiger partial charge in [-0.15, -0.1) is 0 Å². The Balaban J connectivity index is 1.37. The van der Waals surface area contributed by atoms with E-state index < -0.39 is 0 Å². The Morgan fingerprint density at radius 1 is 0.457 bits per heavy atom. The molecule has 0 saturated heterocycles. The van der Waals surface area contributed by atoms with Gasteiger partial charge in [0.25, 0.3) is 0 Å². The highest BCUT2D eigenvalue weighted by Gasteiger charge is 2.18. The van der Waals surface area contributed by atoms with E-state index in [0.29, 0.717) is 0 Å². The zero-order chi connectivity index (χ0) is 31.5. The van der Waals surface area contributed by atoms with Gasteiger partial charge in [0.15, 0.2) is 0 Å². The van der Waals surface area contributed by atoms with E-state index in [1.54, 1.807) is 0 Å². The van der Waals surface area contributed by atoms with Gasteiger partial charge in [0.05, 0.1) is 11.8 Å². The van der Waals surface area contributed by atoms with Crippen molar-refractivity contribution >= 4 is 53.7 Å². The Hall–Kier alpha value is -4.80. The fourth-order valence-corrected chi connectivity index (χ4v) is 6.52. The van der Waals surface area contributed by atoms with E-state index in [0.717, 1.165) is 20.1 Å². The molecule has 0 bridgehead atoms. The average Bonchev–Trinajstić information content (AvgIpc) is 3.37. The molecule has 0 radical (unpaired) electrons. The minimum Gasteiger partial charge on any atom is -0.344 e. The van der Waals surface area contributed by atoms with Crippen LogP contribution in [0.1, 0.15) is 45.2 Å². The summed E-state index contributed by atoms with van der Waals surface area (Å²) in [6.45, 7) is 0. The molecule has 0 aliphatic rings. The second-order valence-corrected chi connectivity index (χ2v) is 13.2. The van der Waals surface area contributed by atoms with Gasteiger partial charge in [-0.3, -0.25) is 0 Å². The van der Waals surface area contributed by atoms with Crippen molar-refractivity contribution in [3.63, 3.8) is 0 Å². The lowest BCUT2D eigenvalue weighted by molar-refractivity contribution is 1.01. The molecule has 0 aliphatic heterocycles. The van der Waals surface area contributed by atoms with Crippen molar-refractivity contribution in [1.29, 1.82) is 0 Å². The summed E-state index contributed by atoms with van der Waals surface area (Å²) in [7, 11) is 2.15. The number of aromatic nitrogens is 1. The third-order valence-corrected chi connectivity index (χ3v) is 9.45. The van der Waals surface area contributed by atoms with Crippen LogP contribution >= 0.6 is 31.9 Å². The van der Waals surface area contributed by atoms with Crippen molar-refractivity contribution in [2.45, 2.75) is 11.8 Å². The number of benzene rings is 6. The van der Waals surface area contributed by atoms with Crippen molar-refractivity contribution in [1.82, 2.24) is 4.57 Å². The molecule has 0 saturated carbocycles. The Labute approximate surface area is 287 Å². The Morgan fingerprint density at radius 2 is 0.826 bits per heavy atom. The van der Waals surface area contributed by atoms with E-state index in [2.05, 4.69) is 176 Å². The first-order valence-corrected chi connectivity index (χ1v) is 16.8. The van der Waals surface area contributed by atoms with E-state index >= 15 is 0 Å². The van der Waals surface area contributed by atoms with E-state index in [-0.39, 0.29) is 11.8 Å². The molecule has 0 N–H and O–H groups in total. The lowest BCUT2D eigenvalue weighted by Gasteiger charge is -2.14. The van der Waals surface area contributed by atoms with E-state index in [1.165, 1.54) is 44.1 Å². The topological polar surface area (TPSA) is 4.93 Å². The van der Waals surface area contributed by atoms with Crippen LogP contribution in [-0.2, 0) is 7.05 Å². The first-order valence-electron chi connectivity index (χ1n) is 15.2. The van der Waals surface area contributed by atoms with Crippen LogP contribution in [-0.4, -0.2) is 4.57 Å². The molecule has 7 rings (SSSR count). The van der Waals surface area contributed by atoms with Gasteiger partial charge in [0.2, 0.25) is 0 Å². The zero-order valence-electron chi connectivity index (χ0n) is 25.2. The SMILES string of the molecule is Cn1c2ccc(C(C#Cc3ccccc3)c3ccc(Br)cc3)cc2c2cc(C(C#Cc3ccccc3)c3ccc(Br)cc3)ccc21. The van der Waals surface area contributed by atoms with E-state index in [1.807, 2.05) is 36.4 Å². The molecule has 0 spiro atoms. The van der Waals surface area contributed by atoms with Crippen LogP contribution in [0.15, 0.2) is 155 Å². The maximum Gasteiger partial charge on any atom is 0.0706 e. The second-order valence-electron chi connectivity index (χ2n) is 11.4. The minimum absolute atomic E-state index is 0.0802. The number of hydrogen-bond acceptors (Lipinski definition) is 0. The molecular weight excluding hydrogens is 690 g/mol. The van der Waals surface area contributed by atoms with Crippen LogP contribution in [0, 0.1) is 23.7 Å². The number of halogens is 2. The summed E-state index contributed by atoms with van der Waals surface area (Å²) in [6, 6.07) is 51.0. The predicted octanol–water partition coefficient (Wildman–Crippen LogP) is 11.2. The third kappa shape index (κ3) is 6.31. The van der Waals surface area contributed by atoms with Crippen LogP contribution < -0.4 is 0 Å². The van der Waals surface area contributed by atoms with Crippen molar-refractivity contribution < 1.29 is 0 Å². The molecule has 2 unspecified atom stereocenters. The van der Waals surface area contributed by atoms with Crippen molar-refractivity contribution in [2.24, 2.45) is 7.05 Å². The molecule has 7 aromatic rings. The molecule has 1 aromatic heterocycles. The van der Waals surface area contributed by atoms with Gasteiger partial charge in [-0.2, -0.15) is 0 Å². The maximum absolute atomic E-state index is 3.60. The smallest absolute Gasteiger partial charge is 0.0706 e. The number of fused-ring (bicyclic) bond motifs is 3. The van der Waals surface area contributed by atoms with Crippen LogP contribution in [0.4, 0.5) is 0 Å². The highest BCUT2D eigenvalue weighted by Crippen LogP contribution is 2.36. The molecule has 2 atom stereocenters. The van der Waals surface area contributed by atoms with Crippen molar-refractivity contribution in [2.75, 3.05) is 0 Å². The van der Waals surface area contributed by atoms with Gasteiger partial charge in [-0.05, 0) is 95.1 Å². The fourth-order valence-electron chi connectivity index (χ4n) is 6.00. The van der Waals surface area contributed by atoms with E-state index in [9.17, 15) is 0 Å². The minimum atomic E-state index is -0.0802. The third-order valence-electron chi connectivity index (χ3n) is 8.40. The largest absolute Gasteiger partial charge is 0.344 e. The first kappa shape index (κ1) is 29.9. The van der Waals surface area contributed by atoms with Crippen LogP contribution in [0.3, 0.4) is 0 Å². The van der Waals surface area contributed by atoms with Gasteiger partial charge in [-0.25, -0.2) is 0 Å². The van der Waals surface area contributed by atoms with Crippen LogP contribution in [0.25, 0.3) is 21.8 Å². The zero-order valence-corrected chi connectivity index (χ0v) is 28.4. The molecule has 220 valence electrons. The Kier molecular flexibility index (Phi) is 8.63. The van der Waals surface area contributed by atoms with Crippen molar-refractivity contribution in [3.05, 3.63) is 188 Å². The number of aryl methyl sites for hydroxylation is 1. The van der Waals surface area contributed by atoms with Gasteiger partial charge >= 0.3 is 0 Å². The molecule has 1 nitrogen and oxygen atoms in total. The molecule has 0 amide bonds. The molecular formula is C43H29Br2N. The number of nitrogens with zero attached hydrogens (tertiary/aromatic N) is 1. The first-order chi connectivity index (χ1) is 22.5. The highest BCUT2D eigenvalue weighted by molar-refractivity contribution is 9.10. The fraction of sp³-hybridized carbons (Fsp3) is 0.0698.